The van der Waals surface area contributed by atoms with E-state index in [1.165, 1.54) is 0 Å². The van der Waals surface area contributed by atoms with Crippen LogP contribution in [-0.4, -0.2) is 62.6 Å². The summed E-state index contributed by atoms with van der Waals surface area (Å²) in [4.78, 5) is 0. The zero-order chi connectivity index (χ0) is 11.4. The second kappa shape index (κ2) is 11.9. The molecule has 0 fully saturated rings. The van der Waals surface area contributed by atoms with Crippen LogP contribution in [0.2, 0.25) is 0 Å². The van der Waals surface area contributed by atoms with Gasteiger partial charge in [-0.05, 0) is 6.42 Å². The van der Waals surface area contributed by atoms with Gasteiger partial charge in [0, 0.05) is 6.61 Å². The molecule has 0 spiro atoms. The van der Waals surface area contributed by atoms with Crippen LogP contribution in [0.25, 0.3) is 0 Å². The number of aliphatic hydroxyl groups excluding tert-OH is 2. The van der Waals surface area contributed by atoms with Crippen LogP contribution in [0.3, 0.4) is 0 Å². The first-order chi connectivity index (χ1) is 7.31. The van der Waals surface area contributed by atoms with Gasteiger partial charge in [0.15, 0.2) is 0 Å². The summed E-state index contributed by atoms with van der Waals surface area (Å²) >= 11 is 0. The first-order valence-electron chi connectivity index (χ1n) is 5.33. The molecule has 0 rings (SSSR count). The van der Waals surface area contributed by atoms with Gasteiger partial charge < -0.3 is 24.4 Å². The maximum absolute atomic E-state index is 8.92. The molecule has 5 nitrogen and oxygen atoms in total. The summed E-state index contributed by atoms with van der Waals surface area (Å²) in [6.07, 6.45) is 0.222. The van der Waals surface area contributed by atoms with E-state index in [4.69, 9.17) is 24.4 Å². The predicted molar refractivity (Wildman–Crippen MR) is 55.8 cm³/mol. The largest absolute Gasteiger partial charge is 0.394 e. The Balaban J connectivity index is 2.92. The molecule has 5 heteroatoms. The van der Waals surface area contributed by atoms with Crippen LogP contribution >= 0.6 is 0 Å². The van der Waals surface area contributed by atoms with E-state index in [1.807, 2.05) is 0 Å². The van der Waals surface area contributed by atoms with Gasteiger partial charge in [0.25, 0.3) is 0 Å². The molecule has 0 radical (unpaired) electrons. The molecule has 0 heterocycles. The fourth-order valence-corrected chi connectivity index (χ4v) is 0.856. The SMILES string of the molecule is CCCOCCOCCOC[C@H](O)CO. The van der Waals surface area contributed by atoms with E-state index in [1.54, 1.807) is 0 Å². The van der Waals surface area contributed by atoms with E-state index in [0.29, 0.717) is 26.4 Å². The van der Waals surface area contributed by atoms with Crippen molar-refractivity contribution in [3.63, 3.8) is 0 Å². The summed E-state index contributed by atoms with van der Waals surface area (Å²) in [5.74, 6) is 0. The fourth-order valence-electron chi connectivity index (χ4n) is 0.856. The lowest BCUT2D eigenvalue weighted by molar-refractivity contribution is -0.0227. The summed E-state index contributed by atoms with van der Waals surface area (Å²) in [5.41, 5.74) is 0. The molecular weight excluding hydrogens is 200 g/mol. The molecule has 0 aromatic carbocycles. The molecule has 0 saturated heterocycles. The van der Waals surface area contributed by atoms with Crippen LogP contribution in [0.4, 0.5) is 0 Å². The van der Waals surface area contributed by atoms with E-state index in [0.717, 1.165) is 13.0 Å². The Labute approximate surface area is 91.0 Å². The van der Waals surface area contributed by atoms with Crippen LogP contribution in [0.5, 0.6) is 0 Å². The summed E-state index contributed by atoms with van der Waals surface area (Å²) in [5, 5.41) is 17.4. The molecule has 0 aromatic heterocycles. The van der Waals surface area contributed by atoms with E-state index < -0.39 is 6.10 Å². The highest BCUT2D eigenvalue weighted by molar-refractivity contribution is 4.48. The Morgan fingerprint density at radius 3 is 2.00 bits per heavy atom. The molecule has 0 saturated carbocycles. The van der Waals surface area contributed by atoms with E-state index in [-0.39, 0.29) is 13.2 Å². The molecule has 15 heavy (non-hydrogen) atoms. The van der Waals surface area contributed by atoms with Crippen LogP contribution in [-0.2, 0) is 14.2 Å². The molecular formula is C10H22O5. The average molecular weight is 222 g/mol. The van der Waals surface area contributed by atoms with Crippen molar-refractivity contribution in [3.05, 3.63) is 0 Å². The van der Waals surface area contributed by atoms with Gasteiger partial charge in [0.2, 0.25) is 0 Å². The smallest absolute Gasteiger partial charge is 0.100 e. The lowest BCUT2D eigenvalue weighted by atomic mass is 10.4. The molecule has 1 atom stereocenters. The predicted octanol–water partition coefficient (Wildman–Crippen LogP) is -0.201. The van der Waals surface area contributed by atoms with Gasteiger partial charge in [-0.25, -0.2) is 0 Å². The van der Waals surface area contributed by atoms with Gasteiger partial charge in [-0.15, -0.1) is 0 Å². The monoisotopic (exact) mass is 222 g/mol. The number of ether oxygens (including phenoxy) is 3. The van der Waals surface area contributed by atoms with Crippen molar-refractivity contribution >= 4 is 0 Å². The lowest BCUT2D eigenvalue weighted by Gasteiger charge is -2.08. The maximum atomic E-state index is 8.92. The van der Waals surface area contributed by atoms with E-state index in [9.17, 15) is 0 Å². The van der Waals surface area contributed by atoms with Crippen molar-refractivity contribution in [2.75, 3.05) is 46.2 Å². The second-order valence-electron chi connectivity index (χ2n) is 3.14. The standard InChI is InChI=1S/C10H22O5/c1-2-3-13-4-5-14-6-7-15-9-10(12)8-11/h10-12H,2-9H2,1H3/t10-/m1/s1. The third-order valence-corrected chi connectivity index (χ3v) is 1.61. The van der Waals surface area contributed by atoms with Gasteiger partial charge in [-0.1, -0.05) is 6.92 Å². The molecule has 0 unspecified atom stereocenters. The zero-order valence-corrected chi connectivity index (χ0v) is 9.35. The summed E-state index contributed by atoms with van der Waals surface area (Å²) in [6.45, 7) is 4.76. The summed E-state index contributed by atoms with van der Waals surface area (Å²) in [7, 11) is 0. The molecule has 0 aliphatic rings. The lowest BCUT2D eigenvalue weighted by Crippen LogP contribution is -2.21. The van der Waals surface area contributed by atoms with E-state index >= 15 is 0 Å². The van der Waals surface area contributed by atoms with Crippen LogP contribution in [0, 0.1) is 0 Å². The zero-order valence-electron chi connectivity index (χ0n) is 9.35. The van der Waals surface area contributed by atoms with Crippen LogP contribution in [0.15, 0.2) is 0 Å². The molecule has 92 valence electrons. The van der Waals surface area contributed by atoms with Crippen LogP contribution in [0.1, 0.15) is 13.3 Å². The normalized spacial score (nSPS) is 13.0. The third-order valence-electron chi connectivity index (χ3n) is 1.61. The maximum Gasteiger partial charge on any atom is 0.100 e. The molecule has 0 aliphatic heterocycles. The van der Waals surface area contributed by atoms with Gasteiger partial charge in [0.1, 0.15) is 6.10 Å². The average Bonchev–Trinajstić information content (AvgIpc) is 2.26. The number of hydrogen-bond acceptors (Lipinski definition) is 5. The minimum Gasteiger partial charge on any atom is -0.394 e. The van der Waals surface area contributed by atoms with Crippen molar-refractivity contribution in [2.24, 2.45) is 0 Å². The Morgan fingerprint density at radius 2 is 1.47 bits per heavy atom. The minimum atomic E-state index is -0.794. The van der Waals surface area contributed by atoms with Crippen molar-refractivity contribution in [3.8, 4) is 0 Å². The highest BCUT2D eigenvalue weighted by Crippen LogP contribution is 1.85. The first-order valence-corrected chi connectivity index (χ1v) is 5.33. The van der Waals surface area contributed by atoms with Crippen molar-refractivity contribution in [1.29, 1.82) is 0 Å². The van der Waals surface area contributed by atoms with Gasteiger partial charge in [-0.3, -0.25) is 0 Å². The Hall–Kier alpha value is -0.200. The topological polar surface area (TPSA) is 68.2 Å². The Kier molecular flexibility index (Phi) is 11.7. The number of rotatable bonds is 11. The molecule has 0 bridgehead atoms. The summed E-state index contributed by atoms with van der Waals surface area (Å²) in [6, 6.07) is 0. The molecule has 2 N–H and O–H groups in total. The van der Waals surface area contributed by atoms with Crippen molar-refractivity contribution in [2.45, 2.75) is 19.4 Å². The molecule has 0 amide bonds. The first kappa shape index (κ1) is 14.8. The van der Waals surface area contributed by atoms with Crippen molar-refractivity contribution < 1.29 is 24.4 Å². The Bertz CT molecular complexity index is 120. The fraction of sp³-hybridized carbons (Fsp3) is 1.00. The molecule has 0 aromatic rings. The van der Waals surface area contributed by atoms with Crippen molar-refractivity contribution in [1.82, 2.24) is 0 Å². The Morgan fingerprint density at radius 1 is 0.933 bits per heavy atom. The van der Waals surface area contributed by atoms with Gasteiger partial charge in [-0.2, -0.15) is 0 Å². The number of aliphatic hydroxyl groups is 2. The van der Waals surface area contributed by atoms with Gasteiger partial charge in [0.05, 0.1) is 39.6 Å². The second-order valence-corrected chi connectivity index (χ2v) is 3.14. The summed E-state index contributed by atoms with van der Waals surface area (Å²) < 4.78 is 15.4. The highest BCUT2D eigenvalue weighted by atomic mass is 16.5. The van der Waals surface area contributed by atoms with Crippen LogP contribution < -0.4 is 0 Å². The highest BCUT2D eigenvalue weighted by Gasteiger charge is 2.00. The van der Waals surface area contributed by atoms with Gasteiger partial charge >= 0.3 is 0 Å². The minimum absolute atomic E-state index is 0.145. The third kappa shape index (κ3) is 11.7. The number of hydrogen-bond donors (Lipinski definition) is 2. The molecule has 0 aliphatic carbocycles. The van der Waals surface area contributed by atoms with E-state index in [2.05, 4.69) is 6.92 Å². The quantitative estimate of drug-likeness (QED) is 0.474.